The first kappa shape index (κ1) is 26.2. The average Bonchev–Trinajstić information content (AvgIpc) is 3.26. The van der Waals surface area contributed by atoms with Gasteiger partial charge in [0.1, 0.15) is 5.82 Å². The Kier molecular flexibility index (Phi) is 8.04. The zero-order chi connectivity index (χ0) is 25.9. The monoisotopic (exact) mass is 593 g/mol. The molecule has 36 heavy (non-hydrogen) atoms. The van der Waals surface area contributed by atoms with Crippen molar-refractivity contribution in [3.63, 3.8) is 0 Å². The zero-order valence-electron chi connectivity index (χ0n) is 19.9. The van der Waals surface area contributed by atoms with Crippen molar-refractivity contribution in [2.75, 3.05) is 39.7 Å². The lowest BCUT2D eigenvalue weighted by molar-refractivity contribution is 0.353. The zero-order valence-corrected chi connectivity index (χ0v) is 23.1. The van der Waals surface area contributed by atoms with E-state index in [-0.39, 0.29) is 4.90 Å². The van der Waals surface area contributed by atoms with Crippen molar-refractivity contribution < 1.29 is 17.9 Å². The first-order chi connectivity index (χ1) is 17.3. The number of hydrogen-bond donors (Lipinski definition) is 1. The maximum Gasteiger partial charge on any atom is 0.242 e. The SMILES string of the molecule is COc1ccc(S(=O)(=O)N(C)CCCNc2cc(-c3ccccc3Cl)nc3c(Br)cnn23)cc1OC. The van der Waals surface area contributed by atoms with E-state index in [2.05, 4.69) is 26.3 Å². The number of nitrogens with one attached hydrogen (secondary N) is 1. The largest absolute Gasteiger partial charge is 0.493 e. The Bertz CT molecular complexity index is 1500. The van der Waals surface area contributed by atoms with E-state index >= 15 is 0 Å². The molecule has 0 saturated heterocycles. The van der Waals surface area contributed by atoms with Gasteiger partial charge in [0, 0.05) is 42.9 Å². The first-order valence-corrected chi connectivity index (χ1v) is 13.6. The fourth-order valence-corrected chi connectivity index (χ4v) is 5.47. The van der Waals surface area contributed by atoms with Crippen molar-refractivity contribution in [2.45, 2.75) is 11.3 Å². The third-order valence-electron chi connectivity index (χ3n) is 5.60. The van der Waals surface area contributed by atoms with Gasteiger partial charge in [0.25, 0.3) is 0 Å². The highest BCUT2D eigenvalue weighted by molar-refractivity contribution is 9.10. The molecule has 0 aliphatic rings. The van der Waals surface area contributed by atoms with Crippen molar-refractivity contribution in [1.82, 2.24) is 18.9 Å². The summed E-state index contributed by atoms with van der Waals surface area (Å²) in [7, 11) is 0.822. The highest BCUT2D eigenvalue weighted by Crippen LogP contribution is 2.31. The van der Waals surface area contributed by atoms with Crippen molar-refractivity contribution in [3.8, 4) is 22.8 Å². The quantitative estimate of drug-likeness (QED) is 0.259. The van der Waals surface area contributed by atoms with Crippen LogP contribution in [0.5, 0.6) is 11.5 Å². The molecule has 2 aromatic carbocycles. The predicted molar refractivity (Wildman–Crippen MR) is 144 cm³/mol. The number of methoxy groups -OCH3 is 2. The van der Waals surface area contributed by atoms with Crippen LogP contribution >= 0.6 is 27.5 Å². The van der Waals surface area contributed by atoms with Gasteiger partial charge < -0.3 is 14.8 Å². The van der Waals surface area contributed by atoms with Gasteiger partial charge in [-0.2, -0.15) is 9.61 Å². The summed E-state index contributed by atoms with van der Waals surface area (Å²) in [6, 6.07) is 13.9. The van der Waals surface area contributed by atoms with Gasteiger partial charge in [-0.3, -0.25) is 0 Å². The van der Waals surface area contributed by atoms with Crippen LogP contribution in [-0.2, 0) is 10.0 Å². The van der Waals surface area contributed by atoms with Crippen LogP contribution in [-0.4, -0.2) is 61.7 Å². The fourth-order valence-electron chi connectivity index (χ4n) is 3.66. The number of ether oxygens (including phenoxy) is 2. The smallest absolute Gasteiger partial charge is 0.242 e. The number of halogens is 2. The van der Waals surface area contributed by atoms with Gasteiger partial charge in [-0.05, 0) is 40.5 Å². The molecule has 0 amide bonds. The van der Waals surface area contributed by atoms with Gasteiger partial charge in [0.2, 0.25) is 10.0 Å². The van der Waals surface area contributed by atoms with Crippen LogP contribution in [0.15, 0.2) is 64.1 Å². The molecule has 4 aromatic rings. The summed E-state index contributed by atoms with van der Waals surface area (Å²) < 4.78 is 40.3. The van der Waals surface area contributed by atoms with Crippen LogP contribution in [0.2, 0.25) is 5.02 Å². The average molecular weight is 595 g/mol. The van der Waals surface area contributed by atoms with Gasteiger partial charge in [-0.15, -0.1) is 0 Å². The number of nitrogens with zero attached hydrogens (tertiary/aromatic N) is 4. The molecular formula is C24H25BrClN5O4S. The Morgan fingerprint density at radius 2 is 1.86 bits per heavy atom. The molecule has 190 valence electrons. The number of aromatic nitrogens is 3. The molecule has 4 rings (SSSR count). The van der Waals surface area contributed by atoms with Crippen molar-refractivity contribution in [2.24, 2.45) is 0 Å². The van der Waals surface area contributed by atoms with Crippen molar-refractivity contribution in [1.29, 1.82) is 0 Å². The van der Waals surface area contributed by atoms with E-state index in [9.17, 15) is 8.42 Å². The normalized spacial score (nSPS) is 11.7. The molecule has 0 spiro atoms. The topological polar surface area (TPSA) is 98.1 Å². The molecule has 0 aliphatic carbocycles. The van der Waals surface area contributed by atoms with E-state index in [4.69, 9.17) is 26.1 Å². The van der Waals surface area contributed by atoms with Crippen LogP contribution in [0, 0.1) is 0 Å². The molecule has 0 aliphatic heterocycles. The van der Waals surface area contributed by atoms with E-state index in [0.717, 1.165) is 10.0 Å². The second-order valence-corrected chi connectivity index (χ2v) is 11.2. The van der Waals surface area contributed by atoms with E-state index in [0.29, 0.717) is 53.2 Å². The molecule has 0 bridgehead atoms. The van der Waals surface area contributed by atoms with Crippen molar-refractivity contribution in [3.05, 3.63) is 64.2 Å². The Morgan fingerprint density at radius 1 is 1.11 bits per heavy atom. The lowest BCUT2D eigenvalue weighted by Crippen LogP contribution is -2.29. The molecule has 2 aromatic heterocycles. The molecule has 0 fully saturated rings. The van der Waals surface area contributed by atoms with E-state index in [1.165, 1.54) is 30.7 Å². The van der Waals surface area contributed by atoms with Crippen molar-refractivity contribution >= 4 is 49.0 Å². The van der Waals surface area contributed by atoms with Gasteiger partial charge >= 0.3 is 0 Å². The molecular weight excluding hydrogens is 570 g/mol. The Morgan fingerprint density at radius 3 is 2.58 bits per heavy atom. The predicted octanol–water partition coefficient (Wildman–Crippen LogP) is 4.95. The lowest BCUT2D eigenvalue weighted by Gasteiger charge is -2.18. The molecule has 0 saturated carbocycles. The molecule has 0 radical (unpaired) electrons. The second-order valence-electron chi connectivity index (χ2n) is 7.86. The third kappa shape index (κ3) is 5.29. The van der Waals surface area contributed by atoms with Crippen LogP contribution in [0.4, 0.5) is 5.82 Å². The van der Waals surface area contributed by atoms with E-state index in [1.807, 2.05) is 30.3 Å². The molecule has 0 atom stereocenters. The number of hydrogen-bond acceptors (Lipinski definition) is 7. The number of benzene rings is 2. The molecule has 1 N–H and O–H groups in total. The maximum absolute atomic E-state index is 13.0. The number of sulfonamides is 1. The van der Waals surface area contributed by atoms with Crippen LogP contribution in [0.1, 0.15) is 6.42 Å². The third-order valence-corrected chi connectivity index (χ3v) is 8.34. The molecule has 12 heteroatoms. The summed E-state index contributed by atoms with van der Waals surface area (Å²) in [6.07, 6.45) is 2.23. The van der Waals surface area contributed by atoms with Gasteiger partial charge in [-0.25, -0.2) is 17.7 Å². The fraction of sp³-hybridized carbons (Fsp3) is 0.250. The van der Waals surface area contributed by atoms with Crippen LogP contribution < -0.4 is 14.8 Å². The summed E-state index contributed by atoms with van der Waals surface area (Å²) in [5, 5.41) is 8.33. The Balaban J connectivity index is 1.47. The standard InChI is InChI=1S/C24H25BrClN5O4S/c1-30(36(32,33)16-9-10-21(34-2)22(13-16)35-3)12-6-11-27-23-14-20(17-7-4-5-8-19(17)26)29-24-18(25)15-28-31(23)24/h4-5,7-10,13-15,27H,6,11-12H2,1-3H3. The molecule has 2 heterocycles. The first-order valence-electron chi connectivity index (χ1n) is 11.0. The second kappa shape index (κ2) is 11.0. The Labute approximate surface area is 223 Å². The summed E-state index contributed by atoms with van der Waals surface area (Å²) >= 11 is 9.89. The van der Waals surface area contributed by atoms with E-state index in [1.54, 1.807) is 23.8 Å². The minimum absolute atomic E-state index is 0.136. The highest BCUT2D eigenvalue weighted by Gasteiger charge is 2.22. The van der Waals surface area contributed by atoms with Gasteiger partial charge in [0.05, 0.1) is 35.5 Å². The summed E-state index contributed by atoms with van der Waals surface area (Å²) in [4.78, 5) is 4.83. The summed E-state index contributed by atoms with van der Waals surface area (Å²) in [5.74, 6) is 1.54. The maximum atomic E-state index is 13.0. The van der Waals surface area contributed by atoms with Gasteiger partial charge in [-0.1, -0.05) is 29.8 Å². The van der Waals surface area contributed by atoms with Crippen LogP contribution in [0.25, 0.3) is 16.9 Å². The highest BCUT2D eigenvalue weighted by atomic mass is 79.9. The van der Waals surface area contributed by atoms with E-state index < -0.39 is 10.0 Å². The number of rotatable bonds is 10. The molecule has 9 nitrogen and oxygen atoms in total. The van der Waals surface area contributed by atoms with Gasteiger partial charge in [0.15, 0.2) is 17.1 Å². The molecule has 0 unspecified atom stereocenters. The number of fused-ring (bicyclic) bond motifs is 1. The lowest BCUT2D eigenvalue weighted by atomic mass is 10.1. The number of anilines is 1. The van der Waals surface area contributed by atoms with Crippen LogP contribution in [0.3, 0.4) is 0 Å². The Hall–Kier alpha value is -2.86. The summed E-state index contributed by atoms with van der Waals surface area (Å²) in [6.45, 7) is 0.808. The summed E-state index contributed by atoms with van der Waals surface area (Å²) in [5.41, 5.74) is 2.14. The minimum atomic E-state index is -3.70. The minimum Gasteiger partial charge on any atom is -0.493 e.